The average Bonchev–Trinajstić information content (AvgIpc) is 2.72. The summed E-state index contributed by atoms with van der Waals surface area (Å²) in [7, 11) is 0. The first-order chi connectivity index (χ1) is 13.4. The molecule has 0 amide bonds. The molecular formula is C24H22F3N. The van der Waals surface area contributed by atoms with E-state index in [1.165, 1.54) is 28.5 Å². The topological polar surface area (TPSA) is 12.0 Å². The van der Waals surface area contributed by atoms with Gasteiger partial charge < -0.3 is 5.32 Å². The van der Waals surface area contributed by atoms with E-state index in [9.17, 15) is 13.2 Å². The minimum absolute atomic E-state index is 0.177. The molecule has 4 rings (SSSR count). The van der Waals surface area contributed by atoms with Crippen molar-refractivity contribution >= 4 is 16.3 Å². The van der Waals surface area contributed by atoms with Crippen molar-refractivity contribution in [3.8, 4) is 0 Å². The minimum atomic E-state index is -4.32. The third-order valence-corrected chi connectivity index (χ3v) is 5.63. The van der Waals surface area contributed by atoms with Crippen molar-refractivity contribution in [2.45, 2.75) is 31.5 Å². The molecule has 1 aliphatic heterocycles. The number of rotatable bonds is 3. The Morgan fingerprint density at radius 3 is 2.50 bits per heavy atom. The lowest BCUT2D eigenvalue weighted by atomic mass is 9.84. The van der Waals surface area contributed by atoms with Gasteiger partial charge in [-0.25, -0.2) is 0 Å². The summed E-state index contributed by atoms with van der Waals surface area (Å²) in [4.78, 5) is 0. The summed E-state index contributed by atoms with van der Waals surface area (Å²) in [5, 5.41) is 5.92. The molecule has 1 nitrogen and oxygen atoms in total. The predicted octanol–water partition coefficient (Wildman–Crippen LogP) is 6.41. The molecule has 4 heteroatoms. The lowest BCUT2D eigenvalue weighted by Gasteiger charge is -2.30. The molecule has 0 spiro atoms. The maximum Gasteiger partial charge on any atom is 0.416 e. The van der Waals surface area contributed by atoms with Gasteiger partial charge in [0.15, 0.2) is 0 Å². The Kier molecular flexibility index (Phi) is 4.98. The first-order valence-electron chi connectivity index (χ1n) is 9.50. The first kappa shape index (κ1) is 18.8. The van der Waals surface area contributed by atoms with E-state index >= 15 is 0 Å². The van der Waals surface area contributed by atoms with E-state index in [1.54, 1.807) is 6.07 Å². The summed E-state index contributed by atoms with van der Waals surface area (Å²) in [5.74, 6) is 0.249. The molecule has 0 aromatic heterocycles. The van der Waals surface area contributed by atoms with Crippen molar-refractivity contribution < 1.29 is 13.2 Å². The summed E-state index contributed by atoms with van der Waals surface area (Å²) in [6, 6.07) is 20.6. The van der Waals surface area contributed by atoms with Crippen LogP contribution in [0.3, 0.4) is 0 Å². The number of fused-ring (bicyclic) bond motifs is 1. The van der Waals surface area contributed by atoms with Crippen LogP contribution in [0.4, 0.5) is 13.2 Å². The van der Waals surface area contributed by atoms with E-state index in [2.05, 4.69) is 42.6 Å². The standard InChI is InChI=1S/C24H22F3N/c1-16(18-10-9-17-5-2-3-6-19(17)13-18)23-15-21(11-12-28-23)20-7-4-8-22(14-20)24(25,26)27/h2-11,13-14,16,23,28H,12,15H2,1H3. The Labute approximate surface area is 162 Å². The van der Waals surface area contributed by atoms with E-state index in [-0.39, 0.29) is 12.0 Å². The van der Waals surface area contributed by atoms with E-state index in [0.717, 1.165) is 11.6 Å². The third kappa shape index (κ3) is 3.83. The second-order valence-electron chi connectivity index (χ2n) is 7.42. The molecule has 3 aromatic carbocycles. The molecule has 144 valence electrons. The second-order valence-corrected chi connectivity index (χ2v) is 7.42. The van der Waals surface area contributed by atoms with Crippen molar-refractivity contribution in [3.63, 3.8) is 0 Å². The zero-order valence-electron chi connectivity index (χ0n) is 15.6. The summed E-state index contributed by atoms with van der Waals surface area (Å²) in [6.07, 6.45) is -1.62. The fraction of sp³-hybridized carbons (Fsp3) is 0.250. The molecule has 2 unspecified atom stereocenters. The molecular weight excluding hydrogens is 359 g/mol. The van der Waals surface area contributed by atoms with Crippen molar-refractivity contribution in [2.24, 2.45) is 0 Å². The van der Waals surface area contributed by atoms with Crippen molar-refractivity contribution in [1.82, 2.24) is 5.32 Å². The van der Waals surface area contributed by atoms with Crippen LogP contribution in [0.15, 0.2) is 72.8 Å². The van der Waals surface area contributed by atoms with E-state index < -0.39 is 11.7 Å². The molecule has 1 N–H and O–H groups in total. The number of benzene rings is 3. The van der Waals surface area contributed by atoms with Gasteiger partial charge in [0.1, 0.15) is 0 Å². The van der Waals surface area contributed by atoms with Crippen LogP contribution >= 0.6 is 0 Å². The lowest BCUT2D eigenvalue weighted by molar-refractivity contribution is -0.137. The molecule has 0 bridgehead atoms. The Balaban J connectivity index is 1.56. The maximum atomic E-state index is 13.1. The zero-order valence-corrected chi connectivity index (χ0v) is 15.6. The number of alkyl halides is 3. The predicted molar refractivity (Wildman–Crippen MR) is 108 cm³/mol. The molecule has 28 heavy (non-hydrogen) atoms. The van der Waals surface area contributed by atoms with Crippen LogP contribution in [0.5, 0.6) is 0 Å². The SMILES string of the molecule is CC(c1ccc2ccccc2c1)C1CC(c2cccc(C(F)(F)F)c2)=CCN1. The van der Waals surface area contributed by atoms with Gasteiger partial charge in [-0.2, -0.15) is 13.2 Å². The van der Waals surface area contributed by atoms with Gasteiger partial charge in [-0.05, 0) is 51.9 Å². The molecule has 1 heterocycles. The van der Waals surface area contributed by atoms with Crippen LogP contribution in [0.25, 0.3) is 16.3 Å². The van der Waals surface area contributed by atoms with Crippen LogP contribution < -0.4 is 5.32 Å². The van der Waals surface area contributed by atoms with Crippen LogP contribution in [0, 0.1) is 0 Å². The molecule has 3 aromatic rings. The Hall–Kier alpha value is -2.59. The van der Waals surface area contributed by atoms with Crippen molar-refractivity contribution in [3.05, 3.63) is 89.5 Å². The first-order valence-corrected chi connectivity index (χ1v) is 9.50. The third-order valence-electron chi connectivity index (χ3n) is 5.63. The van der Waals surface area contributed by atoms with Gasteiger partial charge in [0.25, 0.3) is 0 Å². The molecule has 2 atom stereocenters. The highest BCUT2D eigenvalue weighted by Crippen LogP contribution is 2.34. The van der Waals surface area contributed by atoms with E-state index in [4.69, 9.17) is 0 Å². The Bertz CT molecular complexity index is 1020. The van der Waals surface area contributed by atoms with Gasteiger partial charge in [-0.1, -0.05) is 67.6 Å². The fourth-order valence-corrected chi connectivity index (χ4v) is 3.93. The van der Waals surface area contributed by atoms with Gasteiger partial charge >= 0.3 is 6.18 Å². The second kappa shape index (κ2) is 7.44. The molecule has 0 aliphatic carbocycles. The van der Waals surface area contributed by atoms with Gasteiger partial charge in [0, 0.05) is 12.6 Å². The van der Waals surface area contributed by atoms with Gasteiger partial charge in [-0.3, -0.25) is 0 Å². The molecule has 0 saturated carbocycles. The summed E-state index contributed by atoms with van der Waals surface area (Å²) < 4.78 is 39.2. The quantitative estimate of drug-likeness (QED) is 0.553. The molecule has 0 radical (unpaired) electrons. The van der Waals surface area contributed by atoms with Crippen LogP contribution in [0.1, 0.15) is 36.0 Å². The smallest absolute Gasteiger partial charge is 0.310 e. The van der Waals surface area contributed by atoms with Crippen LogP contribution in [-0.4, -0.2) is 12.6 Å². The van der Waals surface area contributed by atoms with Gasteiger partial charge in [-0.15, -0.1) is 0 Å². The maximum absolute atomic E-state index is 13.1. The Morgan fingerprint density at radius 2 is 1.71 bits per heavy atom. The zero-order chi connectivity index (χ0) is 19.7. The van der Waals surface area contributed by atoms with Crippen molar-refractivity contribution in [1.29, 1.82) is 0 Å². The number of hydrogen-bond donors (Lipinski definition) is 1. The highest BCUT2D eigenvalue weighted by atomic mass is 19.4. The average molecular weight is 381 g/mol. The van der Waals surface area contributed by atoms with E-state index in [1.807, 2.05) is 18.2 Å². The summed E-state index contributed by atoms with van der Waals surface area (Å²) >= 11 is 0. The normalized spacial score (nSPS) is 18.7. The molecule has 0 fully saturated rings. The van der Waals surface area contributed by atoms with Gasteiger partial charge in [0.05, 0.1) is 5.56 Å². The van der Waals surface area contributed by atoms with Crippen molar-refractivity contribution in [2.75, 3.05) is 6.54 Å². The monoisotopic (exact) mass is 381 g/mol. The Morgan fingerprint density at radius 1 is 0.929 bits per heavy atom. The fourth-order valence-electron chi connectivity index (χ4n) is 3.93. The van der Waals surface area contributed by atoms with Crippen LogP contribution in [-0.2, 0) is 6.18 Å². The molecule has 0 saturated heterocycles. The van der Waals surface area contributed by atoms with Gasteiger partial charge in [0.2, 0.25) is 0 Å². The molecule has 1 aliphatic rings. The highest BCUT2D eigenvalue weighted by Gasteiger charge is 2.31. The highest BCUT2D eigenvalue weighted by molar-refractivity contribution is 5.83. The number of hydrogen-bond acceptors (Lipinski definition) is 1. The van der Waals surface area contributed by atoms with E-state index in [0.29, 0.717) is 18.5 Å². The largest absolute Gasteiger partial charge is 0.416 e. The summed E-state index contributed by atoms with van der Waals surface area (Å²) in [5.41, 5.74) is 2.28. The number of halogens is 3. The minimum Gasteiger partial charge on any atom is -0.310 e. The van der Waals surface area contributed by atoms with Crippen LogP contribution in [0.2, 0.25) is 0 Å². The lowest BCUT2D eigenvalue weighted by Crippen LogP contribution is -2.37. The number of nitrogens with one attached hydrogen (secondary N) is 1. The summed E-state index contributed by atoms with van der Waals surface area (Å²) in [6.45, 7) is 2.84.